The van der Waals surface area contributed by atoms with E-state index < -0.39 is 0 Å². The molecule has 0 bridgehead atoms. The number of hydrogen-bond donors (Lipinski definition) is 1. The maximum absolute atomic E-state index is 12.2. The molecule has 0 aliphatic carbocycles. The lowest BCUT2D eigenvalue weighted by molar-refractivity contribution is 0.0775. The number of aromatic nitrogens is 3. The Morgan fingerprint density at radius 3 is 2.83 bits per heavy atom. The molecule has 0 radical (unpaired) electrons. The smallest absolute Gasteiger partial charge is 0.253 e. The van der Waals surface area contributed by atoms with Crippen LogP contribution in [-0.2, 0) is 0 Å². The predicted molar refractivity (Wildman–Crippen MR) is 70.3 cm³/mol. The fourth-order valence-corrected chi connectivity index (χ4v) is 1.87. The number of carbonyl (C=O) groups excluding carboxylic acids is 1. The predicted octanol–water partition coefficient (Wildman–Crippen LogP) is 2.08. The second kappa shape index (κ2) is 5.16. The lowest BCUT2D eigenvalue weighted by Gasteiger charge is -2.20. The summed E-state index contributed by atoms with van der Waals surface area (Å²) in [7, 11) is 1.83. The van der Waals surface area contributed by atoms with E-state index in [1.165, 1.54) is 0 Å². The summed E-state index contributed by atoms with van der Waals surface area (Å²) in [6, 6.07) is 5.37. The second-order valence-electron chi connectivity index (χ2n) is 4.73. The Morgan fingerprint density at radius 2 is 2.11 bits per heavy atom. The molecular formula is C13H18N4O. The summed E-state index contributed by atoms with van der Waals surface area (Å²) < 4.78 is 0. The normalized spacial score (nSPS) is 12.6. The summed E-state index contributed by atoms with van der Waals surface area (Å²) in [6.07, 6.45) is 1.07. The highest BCUT2D eigenvalue weighted by molar-refractivity contribution is 5.97. The Labute approximate surface area is 106 Å². The van der Waals surface area contributed by atoms with E-state index in [1.807, 2.05) is 13.1 Å². The molecular weight excluding hydrogens is 228 g/mol. The van der Waals surface area contributed by atoms with Crippen LogP contribution in [0.4, 0.5) is 0 Å². The molecule has 1 aromatic heterocycles. The van der Waals surface area contributed by atoms with Crippen LogP contribution in [0, 0.1) is 5.92 Å². The third-order valence-corrected chi connectivity index (χ3v) is 3.19. The minimum atomic E-state index is 0.0280. The number of nitrogens with zero attached hydrogens (tertiary/aromatic N) is 3. The molecule has 1 amide bonds. The zero-order chi connectivity index (χ0) is 13.1. The third kappa shape index (κ3) is 2.50. The van der Waals surface area contributed by atoms with Crippen molar-refractivity contribution >= 4 is 16.9 Å². The van der Waals surface area contributed by atoms with Crippen LogP contribution in [0.3, 0.4) is 0 Å². The number of H-pyrrole nitrogens is 1. The molecule has 2 rings (SSSR count). The second-order valence-corrected chi connectivity index (χ2v) is 4.73. The lowest BCUT2D eigenvalue weighted by Crippen LogP contribution is -2.30. The van der Waals surface area contributed by atoms with E-state index >= 15 is 0 Å². The number of carbonyl (C=O) groups is 1. The van der Waals surface area contributed by atoms with Crippen molar-refractivity contribution in [3.8, 4) is 0 Å². The van der Waals surface area contributed by atoms with E-state index in [1.54, 1.807) is 17.0 Å². The Kier molecular flexibility index (Phi) is 3.60. The molecule has 5 nitrogen and oxygen atoms in total. The van der Waals surface area contributed by atoms with Crippen molar-refractivity contribution in [2.45, 2.75) is 20.3 Å². The Bertz CT molecular complexity index is 549. The van der Waals surface area contributed by atoms with Gasteiger partial charge in [-0.1, -0.05) is 20.3 Å². The van der Waals surface area contributed by atoms with Crippen molar-refractivity contribution in [1.29, 1.82) is 0 Å². The van der Waals surface area contributed by atoms with E-state index in [0.29, 0.717) is 11.5 Å². The van der Waals surface area contributed by atoms with Gasteiger partial charge in [0.15, 0.2) is 0 Å². The first-order valence-electron chi connectivity index (χ1n) is 6.17. The van der Waals surface area contributed by atoms with Crippen LogP contribution in [0.15, 0.2) is 18.2 Å². The van der Waals surface area contributed by atoms with Gasteiger partial charge in [-0.15, -0.1) is 0 Å². The fourth-order valence-electron chi connectivity index (χ4n) is 1.87. The van der Waals surface area contributed by atoms with E-state index in [2.05, 4.69) is 29.3 Å². The van der Waals surface area contributed by atoms with Crippen LogP contribution in [0.1, 0.15) is 30.6 Å². The fraction of sp³-hybridized carbons (Fsp3) is 0.462. The number of fused-ring (bicyclic) bond motifs is 1. The summed E-state index contributed by atoms with van der Waals surface area (Å²) in [5.74, 6) is 0.537. The van der Waals surface area contributed by atoms with Crippen molar-refractivity contribution in [2.75, 3.05) is 13.6 Å². The number of amides is 1. The van der Waals surface area contributed by atoms with E-state index in [4.69, 9.17) is 0 Å². The summed E-state index contributed by atoms with van der Waals surface area (Å²) in [4.78, 5) is 14.0. The lowest BCUT2D eigenvalue weighted by atomic mass is 10.1. The zero-order valence-electron chi connectivity index (χ0n) is 11.0. The number of nitrogens with one attached hydrogen (secondary N) is 1. The first-order valence-corrected chi connectivity index (χ1v) is 6.17. The topological polar surface area (TPSA) is 61.9 Å². The van der Waals surface area contributed by atoms with Crippen molar-refractivity contribution in [3.63, 3.8) is 0 Å². The van der Waals surface area contributed by atoms with Crippen LogP contribution in [0.2, 0.25) is 0 Å². The standard InChI is InChI=1S/C13H18N4O/c1-4-9(2)8-17(3)13(18)10-5-6-11-12(7-10)15-16-14-11/h5-7,9H,4,8H2,1-3H3,(H,14,15,16). The van der Waals surface area contributed by atoms with Gasteiger partial charge in [-0.25, -0.2) is 0 Å². The molecule has 1 aromatic carbocycles. The minimum Gasteiger partial charge on any atom is -0.341 e. The van der Waals surface area contributed by atoms with Crippen molar-refractivity contribution in [3.05, 3.63) is 23.8 Å². The summed E-state index contributed by atoms with van der Waals surface area (Å²) in [5.41, 5.74) is 2.15. The maximum Gasteiger partial charge on any atom is 0.253 e. The van der Waals surface area contributed by atoms with Gasteiger partial charge in [0.05, 0.1) is 0 Å². The molecule has 18 heavy (non-hydrogen) atoms. The number of hydrogen-bond acceptors (Lipinski definition) is 3. The molecule has 0 saturated carbocycles. The largest absolute Gasteiger partial charge is 0.341 e. The molecule has 96 valence electrons. The molecule has 0 fully saturated rings. The highest BCUT2D eigenvalue weighted by atomic mass is 16.2. The molecule has 0 spiro atoms. The van der Waals surface area contributed by atoms with Crippen LogP contribution < -0.4 is 0 Å². The monoisotopic (exact) mass is 246 g/mol. The Hall–Kier alpha value is -1.91. The highest BCUT2D eigenvalue weighted by Crippen LogP contribution is 2.13. The van der Waals surface area contributed by atoms with Gasteiger partial charge in [0.25, 0.3) is 5.91 Å². The number of aromatic amines is 1. The molecule has 2 aromatic rings. The molecule has 5 heteroatoms. The quantitative estimate of drug-likeness (QED) is 0.898. The molecule has 0 aliphatic heterocycles. The van der Waals surface area contributed by atoms with Gasteiger partial charge in [0, 0.05) is 19.2 Å². The zero-order valence-corrected chi connectivity index (χ0v) is 11.0. The van der Waals surface area contributed by atoms with Crippen LogP contribution in [0.25, 0.3) is 11.0 Å². The minimum absolute atomic E-state index is 0.0280. The molecule has 0 saturated heterocycles. The summed E-state index contributed by atoms with van der Waals surface area (Å²) in [6.45, 7) is 5.04. The van der Waals surface area contributed by atoms with Gasteiger partial charge in [-0.3, -0.25) is 4.79 Å². The third-order valence-electron chi connectivity index (χ3n) is 3.19. The van der Waals surface area contributed by atoms with Crippen molar-refractivity contribution in [2.24, 2.45) is 5.92 Å². The first-order chi connectivity index (χ1) is 8.61. The molecule has 1 atom stereocenters. The van der Waals surface area contributed by atoms with Crippen LogP contribution >= 0.6 is 0 Å². The van der Waals surface area contributed by atoms with Gasteiger partial charge in [0.1, 0.15) is 11.0 Å². The van der Waals surface area contributed by atoms with Gasteiger partial charge >= 0.3 is 0 Å². The van der Waals surface area contributed by atoms with Crippen LogP contribution in [0.5, 0.6) is 0 Å². The maximum atomic E-state index is 12.2. The van der Waals surface area contributed by atoms with Gasteiger partial charge < -0.3 is 4.90 Å². The SMILES string of the molecule is CCC(C)CN(C)C(=O)c1ccc2n[nH]nc2c1. The van der Waals surface area contributed by atoms with E-state index in [-0.39, 0.29) is 5.91 Å². The van der Waals surface area contributed by atoms with Gasteiger partial charge in [0.2, 0.25) is 0 Å². The first kappa shape index (κ1) is 12.5. The average molecular weight is 246 g/mol. The van der Waals surface area contributed by atoms with Gasteiger partial charge in [-0.05, 0) is 24.1 Å². The number of rotatable bonds is 4. The van der Waals surface area contributed by atoms with Crippen molar-refractivity contribution < 1.29 is 4.79 Å². The summed E-state index contributed by atoms with van der Waals surface area (Å²) in [5, 5.41) is 10.5. The van der Waals surface area contributed by atoms with Crippen molar-refractivity contribution in [1.82, 2.24) is 20.3 Å². The molecule has 1 N–H and O–H groups in total. The van der Waals surface area contributed by atoms with Gasteiger partial charge in [-0.2, -0.15) is 15.4 Å². The average Bonchev–Trinajstić information content (AvgIpc) is 2.84. The molecule has 1 unspecified atom stereocenters. The highest BCUT2D eigenvalue weighted by Gasteiger charge is 2.14. The Balaban J connectivity index is 2.16. The van der Waals surface area contributed by atoms with E-state index in [0.717, 1.165) is 24.0 Å². The van der Waals surface area contributed by atoms with E-state index in [9.17, 15) is 4.79 Å². The Morgan fingerprint density at radius 1 is 1.39 bits per heavy atom. The molecule has 0 aliphatic rings. The summed E-state index contributed by atoms with van der Waals surface area (Å²) >= 11 is 0. The molecule has 1 heterocycles. The number of benzene rings is 1. The van der Waals surface area contributed by atoms with Crippen LogP contribution in [-0.4, -0.2) is 39.8 Å².